The second-order valence-electron chi connectivity index (χ2n) is 10.8. The minimum absolute atomic E-state index is 0.00608. The van der Waals surface area contributed by atoms with Crippen LogP contribution in [0.1, 0.15) is 72.1 Å². The van der Waals surface area contributed by atoms with E-state index in [0.717, 1.165) is 18.1 Å². The van der Waals surface area contributed by atoms with Crippen molar-refractivity contribution in [2.24, 2.45) is 17.6 Å². The molecule has 44 heavy (non-hydrogen) atoms. The van der Waals surface area contributed by atoms with Crippen LogP contribution in [0.3, 0.4) is 0 Å². The summed E-state index contributed by atoms with van der Waals surface area (Å²) in [5.41, 5.74) is 5.99. The fraction of sp³-hybridized carbons (Fsp3) is 0.515. The second kappa shape index (κ2) is 21.3. The zero-order chi connectivity index (χ0) is 33.1. The highest BCUT2D eigenvalue weighted by Gasteiger charge is 2.40. The summed E-state index contributed by atoms with van der Waals surface area (Å²) in [6.07, 6.45) is 15.1. The lowest BCUT2D eigenvalue weighted by molar-refractivity contribution is -0.170. The van der Waals surface area contributed by atoms with Gasteiger partial charge in [-0.05, 0) is 57.1 Å². The van der Waals surface area contributed by atoms with Crippen molar-refractivity contribution in [2.45, 2.75) is 96.6 Å². The molecule has 0 aromatic carbocycles. The SMILES string of the molecule is CC/C=C/[C@H](CCCC(=O)CC[C@H](C)/C(Cl)=C/C=C/C=C(C)/C=C/C=C/C(=O)OC1CC(C(=O)O)CC(O)C1O)OC(N)=O. The lowest BCUT2D eigenvalue weighted by Crippen LogP contribution is -2.48. The van der Waals surface area contributed by atoms with Gasteiger partial charge in [0.25, 0.3) is 0 Å². The van der Waals surface area contributed by atoms with E-state index in [4.69, 9.17) is 31.9 Å². The number of esters is 1. The number of aliphatic hydroxyl groups is 2. The minimum atomic E-state index is -1.34. The smallest absolute Gasteiger partial charge is 0.405 e. The third kappa shape index (κ3) is 16.4. The number of carboxylic acid groups (broad SMARTS) is 1. The molecule has 0 heterocycles. The number of primary amides is 1. The second-order valence-corrected chi connectivity index (χ2v) is 11.2. The number of rotatable bonds is 18. The topological polar surface area (TPSA) is 173 Å². The third-order valence-corrected chi connectivity index (χ3v) is 7.49. The van der Waals surface area contributed by atoms with Gasteiger partial charge >= 0.3 is 18.0 Å². The van der Waals surface area contributed by atoms with Crippen LogP contribution in [0.25, 0.3) is 0 Å². The van der Waals surface area contributed by atoms with E-state index in [0.29, 0.717) is 37.1 Å². The molecule has 244 valence electrons. The molecule has 1 fully saturated rings. The summed E-state index contributed by atoms with van der Waals surface area (Å²) >= 11 is 6.40. The molecule has 6 atom stereocenters. The number of nitrogens with two attached hydrogens (primary N) is 1. The highest BCUT2D eigenvalue weighted by atomic mass is 35.5. The lowest BCUT2D eigenvalue weighted by atomic mass is 9.83. The Hall–Kier alpha value is -3.47. The number of amides is 1. The van der Waals surface area contributed by atoms with E-state index in [9.17, 15) is 29.4 Å². The number of carbonyl (C=O) groups excluding carboxylic acids is 3. The summed E-state index contributed by atoms with van der Waals surface area (Å²) in [5, 5.41) is 29.6. The number of hydrogen-bond donors (Lipinski definition) is 4. The Morgan fingerprint density at radius 3 is 2.34 bits per heavy atom. The van der Waals surface area contributed by atoms with Crippen LogP contribution in [-0.2, 0) is 23.9 Å². The number of hydrogen-bond acceptors (Lipinski definition) is 8. The molecule has 0 saturated heterocycles. The van der Waals surface area contributed by atoms with Crippen molar-refractivity contribution in [1.82, 2.24) is 0 Å². The van der Waals surface area contributed by atoms with Crippen LogP contribution >= 0.6 is 11.6 Å². The van der Waals surface area contributed by atoms with Gasteiger partial charge in [-0.1, -0.05) is 73.6 Å². The maximum Gasteiger partial charge on any atom is 0.405 e. The number of Topliss-reactive ketones (excluding diaryl/α,β-unsaturated/α-hetero) is 1. The van der Waals surface area contributed by atoms with Crippen molar-refractivity contribution < 1.29 is 44.0 Å². The fourth-order valence-corrected chi connectivity index (χ4v) is 4.57. The number of halogens is 1. The monoisotopic (exact) mass is 635 g/mol. The zero-order valence-electron chi connectivity index (χ0n) is 25.6. The molecule has 0 aromatic heterocycles. The highest BCUT2D eigenvalue weighted by molar-refractivity contribution is 6.29. The molecule has 1 rings (SSSR count). The van der Waals surface area contributed by atoms with Gasteiger partial charge in [-0.3, -0.25) is 9.59 Å². The summed E-state index contributed by atoms with van der Waals surface area (Å²) in [6, 6.07) is 0. The molecule has 1 aliphatic rings. The van der Waals surface area contributed by atoms with E-state index in [1.54, 1.807) is 30.4 Å². The van der Waals surface area contributed by atoms with Crippen molar-refractivity contribution in [3.05, 3.63) is 71.4 Å². The predicted molar refractivity (Wildman–Crippen MR) is 169 cm³/mol. The maximum absolute atomic E-state index is 12.3. The molecule has 0 bridgehead atoms. The zero-order valence-corrected chi connectivity index (χ0v) is 26.4. The number of aliphatic carboxylic acids is 1. The van der Waals surface area contributed by atoms with Gasteiger partial charge in [0.2, 0.25) is 0 Å². The van der Waals surface area contributed by atoms with E-state index in [1.807, 2.05) is 39.0 Å². The average Bonchev–Trinajstić information content (AvgIpc) is 2.96. The van der Waals surface area contributed by atoms with Gasteiger partial charge in [-0.2, -0.15) is 0 Å². The Morgan fingerprint density at radius 1 is 1.00 bits per heavy atom. The van der Waals surface area contributed by atoms with Crippen LogP contribution in [-0.4, -0.2) is 63.6 Å². The Labute approximate surface area is 264 Å². The summed E-state index contributed by atoms with van der Waals surface area (Å²) in [4.78, 5) is 46.6. The number of carbonyl (C=O) groups is 4. The molecule has 5 N–H and O–H groups in total. The number of ether oxygens (including phenoxy) is 2. The maximum atomic E-state index is 12.3. The molecule has 0 aromatic rings. The number of carboxylic acids is 1. The summed E-state index contributed by atoms with van der Waals surface area (Å²) in [5.74, 6) is -2.63. The van der Waals surface area contributed by atoms with E-state index in [1.165, 1.54) is 6.08 Å². The molecule has 1 saturated carbocycles. The largest absolute Gasteiger partial charge is 0.481 e. The van der Waals surface area contributed by atoms with Gasteiger partial charge in [0.15, 0.2) is 0 Å². The van der Waals surface area contributed by atoms with Gasteiger partial charge in [0, 0.05) is 30.4 Å². The van der Waals surface area contributed by atoms with Gasteiger partial charge in [-0.15, -0.1) is 0 Å². The molecule has 0 radical (unpaired) electrons. The first-order valence-corrected chi connectivity index (χ1v) is 15.2. The summed E-state index contributed by atoms with van der Waals surface area (Å²) < 4.78 is 10.2. The van der Waals surface area contributed by atoms with Crippen molar-refractivity contribution >= 4 is 35.4 Å². The van der Waals surface area contributed by atoms with Gasteiger partial charge < -0.3 is 30.5 Å². The normalized spacial score (nSPS) is 23.0. The molecule has 4 unspecified atom stereocenters. The van der Waals surface area contributed by atoms with E-state index in [-0.39, 0.29) is 24.5 Å². The van der Waals surface area contributed by atoms with Crippen molar-refractivity contribution in [1.29, 1.82) is 0 Å². The van der Waals surface area contributed by atoms with Crippen molar-refractivity contribution in [2.75, 3.05) is 0 Å². The van der Waals surface area contributed by atoms with Crippen LogP contribution in [0.15, 0.2) is 71.4 Å². The third-order valence-electron chi connectivity index (χ3n) is 6.99. The van der Waals surface area contributed by atoms with E-state index >= 15 is 0 Å². The number of aliphatic hydroxyl groups excluding tert-OH is 2. The van der Waals surface area contributed by atoms with Crippen LogP contribution in [0.5, 0.6) is 0 Å². The molecular weight excluding hydrogens is 590 g/mol. The highest BCUT2D eigenvalue weighted by Crippen LogP contribution is 2.28. The van der Waals surface area contributed by atoms with Crippen LogP contribution in [0, 0.1) is 11.8 Å². The Balaban J connectivity index is 2.44. The van der Waals surface area contributed by atoms with Crippen molar-refractivity contribution in [3.8, 4) is 0 Å². The van der Waals surface area contributed by atoms with Gasteiger partial charge in [-0.25, -0.2) is 9.59 Å². The first-order chi connectivity index (χ1) is 20.8. The van der Waals surface area contributed by atoms with Crippen LogP contribution in [0.2, 0.25) is 0 Å². The van der Waals surface area contributed by atoms with Gasteiger partial charge in [0.1, 0.15) is 24.1 Å². The molecule has 11 heteroatoms. The van der Waals surface area contributed by atoms with Crippen LogP contribution in [0.4, 0.5) is 4.79 Å². The number of ketones is 1. The quantitative estimate of drug-likeness (QED) is 0.0662. The van der Waals surface area contributed by atoms with Crippen molar-refractivity contribution in [3.63, 3.8) is 0 Å². The molecule has 1 aliphatic carbocycles. The first kappa shape index (κ1) is 38.6. The summed E-state index contributed by atoms with van der Waals surface area (Å²) in [7, 11) is 0. The Kier molecular flexibility index (Phi) is 18.6. The molecule has 10 nitrogen and oxygen atoms in total. The van der Waals surface area contributed by atoms with Crippen LogP contribution < -0.4 is 5.73 Å². The molecule has 0 spiro atoms. The predicted octanol–water partition coefficient (Wildman–Crippen LogP) is 5.44. The first-order valence-electron chi connectivity index (χ1n) is 14.8. The number of allylic oxidation sites excluding steroid dienone is 10. The van der Waals surface area contributed by atoms with Gasteiger partial charge in [0.05, 0.1) is 12.0 Å². The average molecular weight is 636 g/mol. The van der Waals surface area contributed by atoms with E-state index < -0.39 is 48.4 Å². The standard InChI is InChI=1S/C33H46ClNO9/c1-4-5-14-26(43-33(35)42)15-10-13-25(36)19-18-23(3)27(34)16-8-6-11-22(2)12-7-9-17-30(38)44-29-21-24(32(40)41)20-28(37)31(29)39/h5-9,11-12,14,16-17,23-24,26,28-29,31,37,39H,4,10,13,15,18-21H2,1-3H3,(H2,35,42)(H,40,41)/b8-6+,12-7+,14-5+,17-9+,22-11+,27-16-/t23-,24?,26+,28?,29?,31?/m0/s1. The lowest BCUT2D eigenvalue weighted by Gasteiger charge is -2.34. The molecule has 0 aliphatic heterocycles. The minimum Gasteiger partial charge on any atom is -0.481 e. The molecular formula is C33H46ClNO9. The fourth-order valence-electron chi connectivity index (χ4n) is 4.39. The summed E-state index contributed by atoms with van der Waals surface area (Å²) in [6.45, 7) is 5.79. The van der Waals surface area contributed by atoms with E-state index in [2.05, 4.69) is 0 Å². The Morgan fingerprint density at radius 2 is 1.68 bits per heavy atom. The Bertz CT molecular complexity index is 1140. The molecule has 1 amide bonds.